The first-order valence-corrected chi connectivity index (χ1v) is 9.69. The van der Waals surface area contributed by atoms with Crippen LogP contribution in [0.2, 0.25) is 0 Å². The van der Waals surface area contributed by atoms with Crippen molar-refractivity contribution in [3.63, 3.8) is 0 Å². The monoisotopic (exact) mass is 372 g/mol. The summed E-state index contributed by atoms with van der Waals surface area (Å²) in [4.78, 5) is 12.6. The number of ether oxygens (including phenoxy) is 1. The summed E-state index contributed by atoms with van der Waals surface area (Å²) in [5, 5.41) is 2.76. The number of rotatable bonds is 5. The van der Waals surface area contributed by atoms with Crippen LogP contribution in [0.3, 0.4) is 0 Å². The zero-order valence-electron chi connectivity index (χ0n) is 14.5. The van der Waals surface area contributed by atoms with Gasteiger partial charge >= 0.3 is 0 Å². The fourth-order valence-corrected chi connectivity index (χ4v) is 3.81. The molecule has 2 aromatic carbocycles. The number of fused-ring (bicyclic) bond motifs is 1. The van der Waals surface area contributed by atoms with Crippen molar-refractivity contribution in [1.82, 2.24) is 4.72 Å². The van der Waals surface area contributed by atoms with Crippen molar-refractivity contribution in [2.24, 2.45) is 0 Å². The van der Waals surface area contributed by atoms with Crippen molar-refractivity contribution in [1.29, 1.82) is 0 Å². The predicted molar refractivity (Wildman–Crippen MR) is 100 cm³/mol. The smallest absolute Gasteiger partial charge is 0.255 e. The van der Waals surface area contributed by atoms with E-state index >= 15 is 0 Å². The number of nitrogens with one attached hydrogen (secondary N) is 2. The van der Waals surface area contributed by atoms with E-state index in [0.29, 0.717) is 11.3 Å². The normalized spacial score (nSPS) is 13.6. The predicted octanol–water partition coefficient (Wildman–Crippen LogP) is 2.79. The van der Waals surface area contributed by atoms with E-state index in [0.717, 1.165) is 11.3 Å². The van der Waals surface area contributed by atoms with E-state index in [1.165, 1.54) is 12.1 Å². The molecule has 0 aromatic heterocycles. The second kappa shape index (κ2) is 7.31. The molecule has 7 heteroatoms. The van der Waals surface area contributed by atoms with Gasteiger partial charge < -0.3 is 10.1 Å². The van der Waals surface area contributed by atoms with Gasteiger partial charge in [-0.2, -0.15) is 0 Å². The molecule has 1 heterocycles. The number of amides is 1. The maximum absolute atomic E-state index is 12.4. The van der Waals surface area contributed by atoms with Crippen LogP contribution < -0.4 is 14.8 Å². The summed E-state index contributed by atoms with van der Waals surface area (Å²) >= 11 is 0. The minimum Gasteiger partial charge on any atom is -0.488 e. The van der Waals surface area contributed by atoms with Crippen LogP contribution in [0.5, 0.6) is 5.75 Å². The van der Waals surface area contributed by atoms with E-state index in [2.05, 4.69) is 10.0 Å². The van der Waals surface area contributed by atoms with Crippen molar-refractivity contribution in [2.75, 3.05) is 11.9 Å². The lowest BCUT2D eigenvalue weighted by atomic mass is 10.1. The average molecular weight is 372 g/mol. The molecule has 6 nitrogen and oxygen atoms in total. The Kier molecular flexibility index (Phi) is 5.11. The third-order valence-electron chi connectivity index (χ3n) is 3.74. The molecule has 1 amide bonds. The molecule has 0 bridgehead atoms. The van der Waals surface area contributed by atoms with Crippen molar-refractivity contribution in [3.05, 3.63) is 59.7 Å². The first kappa shape index (κ1) is 18.2. The summed E-state index contributed by atoms with van der Waals surface area (Å²) in [5.74, 6) is 0.465. The Bertz CT molecular complexity index is 948. The van der Waals surface area contributed by atoms with Crippen molar-refractivity contribution >= 4 is 27.7 Å². The van der Waals surface area contributed by atoms with Crippen LogP contribution in [0.15, 0.2) is 59.0 Å². The molecule has 1 aliphatic heterocycles. The lowest BCUT2D eigenvalue weighted by Gasteiger charge is -2.17. The van der Waals surface area contributed by atoms with Crippen LogP contribution in [0.25, 0.3) is 6.08 Å². The molecule has 0 saturated carbocycles. The van der Waals surface area contributed by atoms with Gasteiger partial charge in [-0.15, -0.1) is 0 Å². The fourth-order valence-electron chi connectivity index (χ4n) is 2.55. The Morgan fingerprint density at radius 2 is 1.77 bits per heavy atom. The van der Waals surface area contributed by atoms with Gasteiger partial charge in [0.2, 0.25) is 10.0 Å². The standard InChI is InChI=1S/C19H20N2O4S/c1-13(2)21-26(23,24)17-9-7-16(8-10-17)20-19(22)15-11-14-5-3-4-6-18(14)25-12-15/h3-11,13,21H,12H2,1-2H3,(H,20,22). The van der Waals surface area contributed by atoms with Crippen LogP contribution in [-0.2, 0) is 14.8 Å². The molecule has 136 valence electrons. The van der Waals surface area contributed by atoms with Crippen LogP contribution >= 0.6 is 0 Å². The summed E-state index contributed by atoms with van der Waals surface area (Å²) < 4.78 is 32.3. The van der Waals surface area contributed by atoms with Crippen LogP contribution in [0.1, 0.15) is 19.4 Å². The lowest BCUT2D eigenvalue weighted by molar-refractivity contribution is -0.113. The number of hydrogen-bond acceptors (Lipinski definition) is 4. The van der Waals surface area contributed by atoms with Crippen LogP contribution in [0.4, 0.5) is 5.69 Å². The summed E-state index contributed by atoms with van der Waals surface area (Å²) in [6, 6.07) is 13.3. The Balaban J connectivity index is 1.72. The number of anilines is 1. The average Bonchev–Trinajstić information content (AvgIpc) is 2.60. The topological polar surface area (TPSA) is 84.5 Å². The van der Waals surface area contributed by atoms with Crippen LogP contribution in [-0.4, -0.2) is 27.0 Å². The van der Waals surface area contributed by atoms with E-state index in [1.807, 2.05) is 24.3 Å². The summed E-state index contributed by atoms with van der Waals surface area (Å²) in [5.41, 5.74) is 1.87. The number of benzene rings is 2. The van der Waals surface area contributed by atoms with Gasteiger partial charge in [0, 0.05) is 17.3 Å². The molecule has 0 saturated heterocycles. The minimum absolute atomic E-state index is 0.151. The molecule has 3 rings (SSSR count). The molecule has 0 radical (unpaired) electrons. The quantitative estimate of drug-likeness (QED) is 0.845. The molecule has 1 aliphatic rings. The Morgan fingerprint density at radius 3 is 2.46 bits per heavy atom. The highest BCUT2D eigenvalue weighted by atomic mass is 32.2. The van der Waals surface area contributed by atoms with E-state index in [-0.39, 0.29) is 23.5 Å². The number of carbonyl (C=O) groups is 1. The van der Waals surface area contributed by atoms with Gasteiger partial charge in [-0.1, -0.05) is 18.2 Å². The molecular weight excluding hydrogens is 352 g/mol. The Labute approximate surface area is 152 Å². The van der Waals surface area contributed by atoms with Crippen molar-refractivity contribution in [2.45, 2.75) is 24.8 Å². The molecule has 26 heavy (non-hydrogen) atoms. The van der Waals surface area contributed by atoms with Gasteiger partial charge in [-0.25, -0.2) is 13.1 Å². The van der Waals surface area contributed by atoms with Gasteiger partial charge in [-0.05, 0) is 50.3 Å². The van der Waals surface area contributed by atoms with Crippen molar-refractivity contribution < 1.29 is 17.9 Å². The van der Waals surface area contributed by atoms with Gasteiger partial charge in [0.15, 0.2) is 0 Å². The molecule has 0 aliphatic carbocycles. The van der Waals surface area contributed by atoms with E-state index in [1.54, 1.807) is 32.1 Å². The van der Waals surface area contributed by atoms with Gasteiger partial charge in [0.25, 0.3) is 5.91 Å². The molecule has 0 spiro atoms. The van der Waals surface area contributed by atoms with Crippen LogP contribution in [0, 0.1) is 0 Å². The third-order valence-corrected chi connectivity index (χ3v) is 5.41. The molecule has 2 aromatic rings. The number of carbonyl (C=O) groups excluding carboxylic acids is 1. The maximum Gasteiger partial charge on any atom is 0.255 e. The fraction of sp³-hybridized carbons (Fsp3) is 0.211. The molecule has 2 N–H and O–H groups in total. The molecule has 0 fully saturated rings. The van der Waals surface area contributed by atoms with E-state index in [9.17, 15) is 13.2 Å². The van der Waals surface area contributed by atoms with Gasteiger partial charge in [-0.3, -0.25) is 4.79 Å². The summed E-state index contributed by atoms with van der Waals surface area (Å²) in [6.45, 7) is 3.70. The molecule has 0 unspecified atom stereocenters. The van der Waals surface area contributed by atoms with Crippen molar-refractivity contribution in [3.8, 4) is 5.75 Å². The highest BCUT2D eigenvalue weighted by Gasteiger charge is 2.18. The number of hydrogen-bond donors (Lipinski definition) is 2. The SMILES string of the molecule is CC(C)NS(=O)(=O)c1ccc(NC(=O)C2=Cc3ccccc3OC2)cc1. The lowest BCUT2D eigenvalue weighted by Crippen LogP contribution is -2.30. The minimum atomic E-state index is -3.55. The van der Waals surface area contributed by atoms with Gasteiger partial charge in [0.1, 0.15) is 12.4 Å². The Hall–Kier alpha value is -2.64. The van der Waals surface area contributed by atoms with Gasteiger partial charge in [0.05, 0.1) is 10.5 Å². The number of sulfonamides is 1. The first-order valence-electron chi connectivity index (χ1n) is 8.21. The van der Waals surface area contributed by atoms with E-state index < -0.39 is 10.0 Å². The third kappa shape index (κ3) is 4.12. The Morgan fingerprint density at radius 1 is 1.08 bits per heavy atom. The van der Waals surface area contributed by atoms with E-state index in [4.69, 9.17) is 4.74 Å². The largest absolute Gasteiger partial charge is 0.488 e. The zero-order chi connectivity index (χ0) is 18.7. The number of para-hydroxylation sites is 1. The molecule has 0 atom stereocenters. The highest BCUT2D eigenvalue weighted by molar-refractivity contribution is 7.89. The second-order valence-electron chi connectivity index (χ2n) is 6.25. The summed E-state index contributed by atoms with van der Waals surface area (Å²) in [7, 11) is -3.55. The highest BCUT2D eigenvalue weighted by Crippen LogP contribution is 2.26. The summed E-state index contributed by atoms with van der Waals surface area (Å²) in [6.07, 6.45) is 1.79. The maximum atomic E-state index is 12.4. The zero-order valence-corrected chi connectivity index (χ0v) is 15.3. The second-order valence-corrected chi connectivity index (χ2v) is 7.96. The molecular formula is C19H20N2O4S. The first-order chi connectivity index (χ1) is 12.3.